The minimum absolute atomic E-state index is 0.114. The van der Waals surface area contributed by atoms with Crippen molar-refractivity contribution >= 4 is 24.0 Å². The second-order valence-electron chi connectivity index (χ2n) is 3.61. The van der Waals surface area contributed by atoms with Gasteiger partial charge in [0.05, 0.1) is 0 Å². The molecule has 88 valence electrons. The van der Waals surface area contributed by atoms with E-state index in [2.05, 4.69) is 9.97 Å². The van der Waals surface area contributed by atoms with Crippen LogP contribution in [0.5, 0.6) is 0 Å². The highest BCUT2D eigenvalue weighted by molar-refractivity contribution is 7.98. The lowest BCUT2D eigenvalue weighted by Crippen LogP contribution is -2.14. The Hall–Kier alpha value is -1.33. The summed E-state index contributed by atoms with van der Waals surface area (Å²) >= 11 is 6.63. The van der Waals surface area contributed by atoms with E-state index in [4.69, 9.17) is 12.2 Å². The van der Waals surface area contributed by atoms with Crippen molar-refractivity contribution in [1.29, 1.82) is 0 Å². The number of aromatic nitrogens is 2. The molecule has 0 radical (unpaired) electrons. The smallest absolute Gasteiger partial charge is 0.254 e. The van der Waals surface area contributed by atoms with Gasteiger partial charge in [-0.2, -0.15) is 0 Å². The van der Waals surface area contributed by atoms with E-state index in [1.165, 1.54) is 4.90 Å². The summed E-state index contributed by atoms with van der Waals surface area (Å²) in [4.78, 5) is 18.3. The zero-order valence-electron chi connectivity index (χ0n) is 9.32. The fraction of sp³-hybridized carbons (Fsp3) is 0.167. The van der Waals surface area contributed by atoms with E-state index >= 15 is 0 Å². The molecule has 0 aliphatic heterocycles. The van der Waals surface area contributed by atoms with Crippen molar-refractivity contribution in [3.63, 3.8) is 0 Å². The standard InChI is InChI=1S/C12H12N2OS2/c1-8-10(13-12(16)14-11(8)15)7-17-9-5-3-2-4-6-9/h2-6H,7H2,1H3,(H2,13,14,15,16). The first-order valence-electron chi connectivity index (χ1n) is 5.17. The molecule has 0 aliphatic carbocycles. The summed E-state index contributed by atoms with van der Waals surface area (Å²) in [7, 11) is 0. The lowest BCUT2D eigenvalue weighted by atomic mass is 10.3. The third kappa shape index (κ3) is 3.08. The Labute approximate surface area is 108 Å². The summed E-state index contributed by atoms with van der Waals surface area (Å²) in [5.41, 5.74) is 1.46. The quantitative estimate of drug-likeness (QED) is 0.662. The summed E-state index contributed by atoms with van der Waals surface area (Å²) in [6.07, 6.45) is 0. The van der Waals surface area contributed by atoms with E-state index in [-0.39, 0.29) is 5.56 Å². The number of thioether (sulfide) groups is 1. The number of hydrogen-bond acceptors (Lipinski definition) is 3. The van der Waals surface area contributed by atoms with Crippen LogP contribution in [0.15, 0.2) is 40.0 Å². The van der Waals surface area contributed by atoms with Crippen LogP contribution in [0, 0.1) is 11.7 Å². The second kappa shape index (κ2) is 5.33. The van der Waals surface area contributed by atoms with Crippen LogP contribution in [0.3, 0.4) is 0 Å². The third-order valence-corrected chi connectivity index (χ3v) is 3.65. The van der Waals surface area contributed by atoms with E-state index in [0.29, 0.717) is 16.1 Å². The van der Waals surface area contributed by atoms with Gasteiger partial charge in [-0.25, -0.2) is 0 Å². The minimum atomic E-state index is -0.114. The molecule has 2 N–H and O–H groups in total. The van der Waals surface area contributed by atoms with Crippen molar-refractivity contribution in [1.82, 2.24) is 9.97 Å². The summed E-state index contributed by atoms with van der Waals surface area (Å²) in [5.74, 6) is 0.712. The summed E-state index contributed by atoms with van der Waals surface area (Å²) in [5, 5.41) is 0. The van der Waals surface area contributed by atoms with Gasteiger partial charge in [-0.3, -0.25) is 9.78 Å². The zero-order valence-corrected chi connectivity index (χ0v) is 11.0. The molecule has 1 aromatic carbocycles. The number of hydrogen-bond donors (Lipinski definition) is 2. The van der Waals surface area contributed by atoms with Crippen molar-refractivity contribution in [2.75, 3.05) is 0 Å². The molecule has 2 rings (SSSR count). The van der Waals surface area contributed by atoms with Gasteiger partial charge in [-0.05, 0) is 31.3 Å². The number of H-pyrrole nitrogens is 2. The van der Waals surface area contributed by atoms with Crippen molar-refractivity contribution in [2.45, 2.75) is 17.6 Å². The SMILES string of the molecule is Cc1c(CSc2ccccc2)[nH]c(=S)[nH]c1=O. The van der Waals surface area contributed by atoms with Gasteiger partial charge in [0.25, 0.3) is 5.56 Å². The Kier molecular flexibility index (Phi) is 3.81. The van der Waals surface area contributed by atoms with E-state index < -0.39 is 0 Å². The molecule has 2 aromatic rings. The van der Waals surface area contributed by atoms with Crippen LogP contribution < -0.4 is 5.56 Å². The molecular formula is C12H12N2OS2. The lowest BCUT2D eigenvalue weighted by Gasteiger charge is -2.04. The van der Waals surface area contributed by atoms with E-state index in [1.807, 2.05) is 30.3 Å². The fourth-order valence-corrected chi connectivity index (χ4v) is 2.58. The van der Waals surface area contributed by atoms with E-state index in [9.17, 15) is 4.79 Å². The number of benzene rings is 1. The minimum Gasteiger partial charge on any atom is -0.335 e. The van der Waals surface area contributed by atoms with Gasteiger partial charge >= 0.3 is 0 Å². The molecule has 5 heteroatoms. The van der Waals surface area contributed by atoms with Crippen molar-refractivity contribution < 1.29 is 0 Å². The lowest BCUT2D eigenvalue weighted by molar-refractivity contribution is 0.990. The first-order valence-corrected chi connectivity index (χ1v) is 6.56. The first kappa shape index (κ1) is 12.1. The average Bonchev–Trinajstić information content (AvgIpc) is 2.33. The molecule has 1 aromatic heterocycles. The normalized spacial score (nSPS) is 10.4. The monoisotopic (exact) mass is 264 g/mol. The molecule has 3 nitrogen and oxygen atoms in total. The molecular weight excluding hydrogens is 252 g/mol. The Balaban J connectivity index is 2.20. The van der Waals surface area contributed by atoms with Crippen molar-refractivity contribution in [3.8, 4) is 0 Å². The highest BCUT2D eigenvalue weighted by atomic mass is 32.2. The molecule has 17 heavy (non-hydrogen) atoms. The second-order valence-corrected chi connectivity index (χ2v) is 5.07. The number of aromatic amines is 2. The van der Waals surface area contributed by atoms with E-state index in [1.54, 1.807) is 18.7 Å². The molecule has 0 fully saturated rings. The molecule has 0 saturated carbocycles. The number of rotatable bonds is 3. The Bertz CT molecular complexity index is 616. The van der Waals surface area contributed by atoms with Gasteiger partial charge in [-0.15, -0.1) is 11.8 Å². The Morgan fingerprint density at radius 2 is 1.94 bits per heavy atom. The summed E-state index contributed by atoms with van der Waals surface area (Å²) in [6, 6.07) is 10.1. The Morgan fingerprint density at radius 3 is 2.65 bits per heavy atom. The van der Waals surface area contributed by atoms with Gasteiger partial charge in [0.15, 0.2) is 4.77 Å². The fourth-order valence-electron chi connectivity index (χ4n) is 1.41. The predicted molar refractivity (Wildman–Crippen MR) is 73.0 cm³/mol. The van der Waals surface area contributed by atoms with Gasteiger partial charge in [0, 0.05) is 21.9 Å². The predicted octanol–water partition coefficient (Wildman–Crippen LogP) is 3.03. The first-order chi connectivity index (χ1) is 8.16. The molecule has 0 saturated heterocycles. The van der Waals surface area contributed by atoms with Crippen molar-refractivity contribution in [2.24, 2.45) is 0 Å². The maximum Gasteiger partial charge on any atom is 0.254 e. The summed E-state index contributed by atoms with van der Waals surface area (Å²) in [6.45, 7) is 1.80. The molecule has 0 bridgehead atoms. The highest BCUT2D eigenvalue weighted by Gasteiger charge is 2.03. The largest absolute Gasteiger partial charge is 0.335 e. The van der Waals surface area contributed by atoms with Crippen molar-refractivity contribution in [3.05, 3.63) is 56.7 Å². The van der Waals surface area contributed by atoms with Gasteiger partial charge in [-0.1, -0.05) is 18.2 Å². The molecule has 0 atom stereocenters. The van der Waals surface area contributed by atoms with Crippen LogP contribution >= 0.6 is 24.0 Å². The van der Waals surface area contributed by atoms with Crippen LogP contribution in [0.2, 0.25) is 0 Å². The Morgan fingerprint density at radius 1 is 1.24 bits per heavy atom. The highest BCUT2D eigenvalue weighted by Crippen LogP contribution is 2.21. The maximum absolute atomic E-state index is 11.5. The van der Waals surface area contributed by atoms with Crippen LogP contribution in [0.1, 0.15) is 11.3 Å². The maximum atomic E-state index is 11.5. The van der Waals surface area contributed by atoms with Gasteiger partial charge in [0.1, 0.15) is 0 Å². The van der Waals surface area contributed by atoms with E-state index in [0.717, 1.165) is 5.69 Å². The van der Waals surface area contributed by atoms with Crippen LogP contribution in [0.4, 0.5) is 0 Å². The van der Waals surface area contributed by atoms with Crippen LogP contribution in [0.25, 0.3) is 0 Å². The van der Waals surface area contributed by atoms with Crippen LogP contribution in [-0.4, -0.2) is 9.97 Å². The third-order valence-electron chi connectivity index (χ3n) is 2.41. The van der Waals surface area contributed by atoms with Crippen LogP contribution in [-0.2, 0) is 5.75 Å². The molecule has 0 aliphatic rings. The zero-order chi connectivity index (χ0) is 12.3. The topological polar surface area (TPSA) is 48.6 Å². The summed E-state index contributed by atoms with van der Waals surface area (Å²) < 4.78 is 0.379. The molecule has 0 unspecified atom stereocenters. The average molecular weight is 264 g/mol. The number of nitrogens with one attached hydrogen (secondary N) is 2. The van der Waals surface area contributed by atoms with Gasteiger partial charge < -0.3 is 4.98 Å². The molecule has 0 spiro atoms. The van der Waals surface area contributed by atoms with Gasteiger partial charge in [0.2, 0.25) is 0 Å². The molecule has 0 amide bonds. The molecule has 1 heterocycles.